The van der Waals surface area contributed by atoms with Gasteiger partial charge in [0, 0.05) is 16.6 Å². The van der Waals surface area contributed by atoms with E-state index in [1.807, 2.05) is 0 Å². The summed E-state index contributed by atoms with van der Waals surface area (Å²) in [6.45, 7) is 0. The van der Waals surface area contributed by atoms with Gasteiger partial charge in [-0.1, -0.05) is 23.2 Å². The van der Waals surface area contributed by atoms with Gasteiger partial charge in [-0.2, -0.15) is 0 Å². The monoisotopic (exact) mass is 202 g/mol. The maximum Gasteiger partial charge on any atom is 0.0841 e. The van der Waals surface area contributed by atoms with Crippen molar-refractivity contribution in [3.8, 4) is 0 Å². The number of hydrogen-bond acceptors (Lipinski definition) is 1. The summed E-state index contributed by atoms with van der Waals surface area (Å²) in [6.07, 6.45) is -0.385. The van der Waals surface area contributed by atoms with Gasteiger partial charge < -0.3 is 0 Å². The Morgan fingerprint density at radius 1 is 1.25 bits per heavy atom. The fraction of sp³-hybridized carbons (Fsp3) is 0. The first-order chi connectivity index (χ1) is 7.86. The minimum Gasteiger partial charge on any atom is -0.256 e. The van der Waals surface area contributed by atoms with Gasteiger partial charge in [0.2, 0.25) is 0 Å². The van der Waals surface area contributed by atoms with Crippen LogP contribution < -0.4 is 0 Å². The lowest BCUT2D eigenvalue weighted by Crippen LogP contribution is -1.78. The summed E-state index contributed by atoms with van der Waals surface area (Å²) in [5.41, 5.74) is -0.0259. The first-order valence-corrected chi connectivity index (χ1v) is 3.83. The zero-order chi connectivity index (χ0) is 12.9. The van der Waals surface area contributed by atoms with Crippen LogP contribution in [0.3, 0.4) is 0 Å². The van der Waals surface area contributed by atoms with E-state index in [0.29, 0.717) is 0 Å². The molecule has 1 heterocycles. The molecule has 0 aliphatic heterocycles. The van der Waals surface area contributed by atoms with E-state index in [-0.39, 0.29) is 51.3 Å². The van der Waals surface area contributed by atoms with Gasteiger partial charge in [-0.05, 0) is 24.2 Å². The smallest absolute Gasteiger partial charge is 0.0841 e. The predicted octanol–water partition coefficient (Wildman–Crippen LogP) is 3.54. The Hall–Kier alpha value is -0.790. The number of halogens is 2. The molecular weight excluding hydrogens is 193 g/mol. The second kappa shape index (κ2) is 2.92. The van der Waals surface area contributed by atoms with Gasteiger partial charge in [0.05, 0.1) is 17.4 Å². The normalized spacial score (nSPS) is 16.3. The van der Waals surface area contributed by atoms with Gasteiger partial charge >= 0.3 is 0 Å². The number of nitrogens with zero attached hydrogens (tertiary/aromatic N) is 1. The van der Waals surface area contributed by atoms with E-state index in [1.165, 1.54) is 0 Å². The van der Waals surface area contributed by atoms with Crippen LogP contribution in [0.5, 0.6) is 0 Å². The maximum atomic E-state index is 7.71. The summed E-state index contributed by atoms with van der Waals surface area (Å²) >= 11 is 11.6. The van der Waals surface area contributed by atoms with Crippen LogP contribution in [0.25, 0.3) is 10.9 Å². The van der Waals surface area contributed by atoms with E-state index in [0.717, 1.165) is 0 Å². The maximum absolute atomic E-state index is 7.71. The van der Waals surface area contributed by atoms with Crippen molar-refractivity contribution in [2.75, 3.05) is 0 Å². The standard InChI is InChI=1S/C9H5Cl2N/c10-6-1-2-7-8(11)3-4-12-9(7)5-6/h1-5H/i1D,2D,3D,4D,5D. The third-order valence-electron chi connectivity index (χ3n) is 1.32. The van der Waals surface area contributed by atoms with Gasteiger partial charge in [-0.25, -0.2) is 0 Å². The van der Waals surface area contributed by atoms with Crippen molar-refractivity contribution in [2.24, 2.45) is 0 Å². The zero-order valence-corrected chi connectivity index (χ0v) is 7.22. The molecule has 60 valence electrons. The molecule has 0 atom stereocenters. The van der Waals surface area contributed by atoms with E-state index < -0.39 is 0 Å². The molecule has 0 unspecified atom stereocenters. The van der Waals surface area contributed by atoms with Crippen LogP contribution in [-0.4, -0.2) is 4.98 Å². The van der Waals surface area contributed by atoms with Crippen LogP contribution in [0.4, 0.5) is 0 Å². The minimum absolute atomic E-state index is 0.0204. The summed E-state index contributed by atoms with van der Waals surface area (Å²) in [7, 11) is 0. The van der Waals surface area contributed by atoms with Gasteiger partial charge in [0.1, 0.15) is 0 Å². The molecule has 3 heteroatoms. The van der Waals surface area contributed by atoms with Crippen LogP contribution in [0.15, 0.2) is 30.3 Å². The van der Waals surface area contributed by atoms with Gasteiger partial charge in [0.15, 0.2) is 0 Å². The summed E-state index contributed by atoms with van der Waals surface area (Å²) in [4.78, 5) is 3.72. The lowest BCUT2D eigenvalue weighted by atomic mass is 10.2. The predicted molar refractivity (Wildman–Crippen MR) is 51.8 cm³/mol. The zero-order valence-electron chi connectivity index (χ0n) is 10.7. The average molecular weight is 203 g/mol. The molecule has 0 bridgehead atoms. The number of hydrogen-bond donors (Lipinski definition) is 0. The molecule has 1 aromatic carbocycles. The van der Waals surface area contributed by atoms with Gasteiger partial charge in [0.25, 0.3) is 0 Å². The van der Waals surface area contributed by atoms with E-state index in [1.54, 1.807) is 0 Å². The second-order valence-corrected chi connectivity index (χ2v) is 2.83. The van der Waals surface area contributed by atoms with Crippen molar-refractivity contribution in [1.29, 1.82) is 0 Å². The summed E-state index contributed by atoms with van der Waals surface area (Å²) in [5.74, 6) is 0. The topological polar surface area (TPSA) is 12.9 Å². The Kier molecular flexibility index (Phi) is 0.961. The van der Waals surface area contributed by atoms with Crippen LogP contribution >= 0.6 is 23.2 Å². The van der Waals surface area contributed by atoms with Crippen molar-refractivity contribution >= 4 is 34.1 Å². The lowest BCUT2D eigenvalue weighted by Gasteiger charge is -1.98. The fourth-order valence-corrected chi connectivity index (χ4v) is 1.13. The summed E-state index contributed by atoms with van der Waals surface area (Å²) < 4.78 is 37.9. The second-order valence-electron chi connectivity index (χ2n) is 2.08. The largest absolute Gasteiger partial charge is 0.256 e. The molecule has 0 fully saturated rings. The SMILES string of the molecule is [2H]c1nc2c([2H])c(Cl)c([2H])c([2H])c2c(Cl)c1[2H]. The Labute approximate surface area is 87.0 Å². The summed E-state index contributed by atoms with van der Waals surface area (Å²) in [5, 5.41) is -0.334. The van der Waals surface area contributed by atoms with Crippen molar-refractivity contribution in [1.82, 2.24) is 4.98 Å². The number of rotatable bonds is 0. The molecule has 0 aliphatic rings. The molecule has 1 aromatic heterocycles. The highest BCUT2D eigenvalue weighted by Gasteiger charge is 1.98. The highest BCUT2D eigenvalue weighted by molar-refractivity contribution is 6.36. The molecule has 0 spiro atoms. The first-order valence-electron chi connectivity index (χ1n) is 5.58. The van der Waals surface area contributed by atoms with Crippen molar-refractivity contribution < 1.29 is 6.85 Å². The molecule has 0 amide bonds. The van der Waals surface area contributed by atoms with Gasteiger partial charge in [-0.3, -0.25) is 4.98 Å². The lowest BCUT2D eigenvalue weighted by molar-refractivity contribution is 1.41. The van der Waals surface area contributed by atoms with Crippen LogP contribution in [0.1, 0.15) is 6.85 Å². The van der Waals surface area contributed by atoms with E-state index in [2.05, 4.69) is 4.98 Å². The van der Waals surface area contributed by atoms with Gasteiger partial charge in [-0.15, -0.1) is 0 Å². The molecule has 0 N–H and O–H groups in total. The number of fused-ring (bicyclic) bond motifs is 1. The van der Waals surface area contributed by atoms with Crippen LogP contribution in [-0.2, 0) is 0 Å². The molecule has 0 saturated carbocycles. The third-order valence-corrected chi connectivity index (χ3v) is 1.79. The highest BCUT2D eigenvalue weighted by atomic mass is 35.5. The molecular formula is C9H5Cl2N. The van der Waals surface area contributed by atoms with Crippen LogP contribution in [0, 0.1) is 0 Å². The Morgan fingerprint density at radius 3 is 2.92 bits per heavy atom. The minimum atomic E-state index is -0.385. The fourth-order valence-electron chi connectivity index (χ4n) is 0.812. The molecule has 2 rings (SSSR count). The van der Waals surface area contributed by atoms with Crippen molar-refractivity contribution in [3.63, 3.8) is 0 Å². The molecule has 12 heavy (non-hydrogen) atoms. The Balaban J connectivity index is 3.12. The van der Waals surface area contributed by atoms with E-state index in [9.17, 15) is 0 Å². The number of benzene rings is 1. The highest BCUT2D eigenvalue weighted by Crippen LogP contribution is 2.23. The first kappa shape index (κ1) is 3.95. The summed E-state index contributed by atoms with van der Waals surface area (Å²) in [6, 6.07) is -1.19. The number of pyridine rings is 1. The van der Waals surface area contributed by atoms with Crippen molar-refractivity contribution in [2.45, 2.75) is 0 Å². The van der Waals surface area contributed by atoms with Crippen LogP contribution in [0.2, 0.25) is 10.0 Å². The van der Waals surface area contributed by atoms with Crippen molar-refractivity contribution in [3.05, 3.63) is 40.4 Å². The quantitative estimate of drug-likeness (QED) is 0.638. The van der Waals surface area contributed by atoms with E-state index >= 15 is 0 Å². The number of aromatic nitrogens is 1. The molecule has 0 radical (unpaired) electrons. The Morgan fingerprint density at radius 2 is 2.08 bits per heavy atom. The molecule has 1 nitrogen and oxygen atoms in total. The van der Waals surface area contributed by atoms with E-state index in [4.69, 9.17) is 30.1 Å². The molecule has 2 aromatic rings. The molecule has 0 saturated heterocycles. The average Bonchev–Trinajstić information content (AvgIpc) is 2.30. The third kappa shape index (κ3) is 1.26. The Bertz CT molecular complexity index is 635. The molecule has 0 aliphatic carbocycles.